The molecule has 6 heteroatoms. The minimum Gasteiger partial charge on any atom is -0.476 e. The van der Waals surface area contributed by atoms with E-state index in [1.807, 2.05) is 0 Å². The first-order chi connectivity index (χ1) is 5.49. The van der Waals surface area contributed by atoms with Crippen molar-refractivity contribution in [2.45, 2.75) is 20.1 Å². The van der Waals surface area contributed by atoms with Crippen molar-refractivity contribution in [1.29, 1.82) is 0 Å². The number of carboxylic acids is 1. The molecule has 0 saturated heterocycles. The third kappa shape index (κ3) is 3.22. The van der Waals surface area contributed by atoms with Crippen LogP contribution in [-0.2, 0) is 14.4 Å². The second-order valence-corrected chi connectivity index (χ2v) is 2.07. The molecule has 0 aromatic carbocycles. The zero-order valence-electron chi connectivity index (χ0n) is 6.77. The molecule has 0 aliphatic rings. The van der Waals surface area contributed by atoms with E-state index in [2.05, 4.69) is 9.83 Å². The van der Waals surface area contributed by atoms with Crippen molar-refractivity contribution in [3.05, 3.63) is 0 Å². The van der Waals surface area contributed by atoms with Crippen molar-refractivity contribution < 1.29 is 19.5 Å². The zero-order chi connectivity index (χ0) is 9.72. The van der Waals surface area contributed by atoms with Crippen LogP contribution in [0, 0.1) is 0 Å². The molecule has 0 radical (unpaired) electrons. The molecular weight excluding hydrogens is 164 g/mol. The number of nitrogens with two attached hydrogens (primary N) is 1. The number of hydrogen-bond acceptors (Lipinski definition) is 5. The van der Waals surface area contributed by atoms with Gasteiger partial charge in [0.25, 0.3) is 0 Å². The summed E-state index contributed by atoms with van der Waals surface area (Å²) in [6.07, 6.45) is -0.833. The van der Waals surface area contributed by atoms with Crippen LogP contribution in [-0.4, -0.2) is 28.8 Å². The van der Waals surface area contributed by atoms with Crippen LogP contribution in [0.4, 0.5) is 0 Å². The van der Waals surface area contributed by atoms with E-state index in [9.17, 15) is 9.59 Å². The van der Waals surface area contributed by atoms with E-state index >= 15 is 0 Å². The van der Waals surface area contributed by atoms with Crippen LogP contribution in [0.2, 0.25) is 0 Å². The van der Waals surface area contributed by atoms with Gasteiger partial charge in [0.1, 0.15) is 0 Å². The minimum atomic E-state index is -1.38. The molecule has 0 fully saturated rings. The number of carbonyl (C=O) groups excluding carboxylic acids is 1. The van der Waals surface area contributed by atoms with Gasteiger partial charge in [0.05, 0.1) is 0 Å². The van der Waals surface area contributed by atoms with Gasteiger partial charge in [-0.1, -0.05) is 0 Å². The van der Waals surface area contributed by atoms with Crippen LogP contribution in [0.25, 0.3) is 0 Å². The number of rotatable bonds is 4. The Labute approximate surface area is 69.0 Å². The lowest BCUT2D eigenvalue weighted by Gasteiger charge is -2.02. The molecular formula is C6H10N2O4. The lowest BCUT2D eigenvalue weighted by Crippen LogP contribution is -2.24. The van der Waals surface area contributed by atoms with Gasteiger partial charge in [-0.25, -0.2) is 15.7 Å². The summed E-state index contributed by atoms with van der Waals surface area (Å²) in [6.45, 7) is 2.53. The number of Topliss-reactive ketones (excluding diaryl/α,β-unsaturated/α-hetero) is 1. The number of aliphatic carboxylic acids is 1. The lowest BCUT2D eigenvalue weighted by molar-refractivity contribution is -0.130. The topological polar surface area (TPSA) is 102 Å². The zero-order valence-corrected chi connectivity index (χ0v) is 6.77. The normalized spacial score (nSPS) is 14.1. The molecule has 0 saturated carbocycles. The summed E-state index contributed by atoms with van der Waals surface area (Å²) < 4.78 is 0. The molecule has 0 aromatic rings. The smallest absolute Gasteiger partial charge is 0.357 e. The highest BCUT2D eigenvalue weighted by atomic mass is 16.6. The lowest BCUT2D eigenvalue weighted by atomic mass is 10.3. The SMILES string of the molecule is CC(=O)/C(=N\C(C)ON)C(=O)O. The third-order valence-corrected chi connectivity index (χ3v) is 1.04. The van der Waals surface area contributed by atoms with Gasteiger partial charge in [-0.2, -0.15) is 0 Å². The highest BCUT2D eigenvalue weighted by Gasteiger charge is 2.15. The summed E-state index contributed by atoms with van der Waals surface area (Å²) in [5.74, 6) is 2.69. The molecule has 12 heavy (non-hydrogen) atoms. The van der Waals surface area contributed by atoms with Crippen molar-refractivity contribution >= 4 is 17.5 Å². The molecule has 0 rings (SSSR count). The Morgan fingerprint density at radius 3 is 2.33 bits per heavy atom. The van der Waals surface area contributed by atoms with Gasteiger partial charge in [-0.15, -0.1) is 0 Å². The van der Waals surface area contributed by atoms with Gasteiger partial charge < -0.3 is 5.11 Å². The predicted molar refractivity (Wildman–Crippen MR) is 40.5 cm³/mol. The molecule has 1 atom stereocenters. The van der Waals surface area contributed by atoms with Crippen LogP contribution in [0.5, 0.6) is 0 Å². The Balaban J connectivity index is 4.61. The number of carboxylic acid groups (broad SMARTS) is 1. The van der Waals surface area contributed by atoms with Crippen LogP contribution in [0.15, 0.2) is 4.99 Å². The molecule has 0 aromatic heterocycles. The Morgan fingerprint density at radius 2 is 2.08 bits per heavy atom. The average Bonchev–Trinajstić information content (AvgIpc) is 1.98. The molecule has 3 N–H and O–H groups in total. The Kier molecular flexibility index (Phi) is 4.09. The van der Waals surface area contributed by atoms with Crippen LogP contribution in [0.3, 0.4) is 0 Å². The number of hydrogen-bond donors (Lipinski definition) is 2. The fraction of sp³-hybridized carbons (Fsp3) is 0.500. The summed E-state index contributed by atoms with van der Waals surface area (Å²) in [5.41, 5.74) is -0.562. The number of nitrogens with zero attached hydrogens (tertiary/aromatic N) is 1. The maximum atomic E-state index is 10.6. The monoisotopic (exact) mass is 174 g/mol. The quantitative estimate of drug-likeness (QED) is 0.334. The van der Waals surface area contributed by atoms with Gasteiger partial charge in [-0.05, 0) is 6.92 Å². The molecule has 0 aliphatic carbocycles. The third-order valence-electron chi connectivity index (χ3n) is 1.04. The largest absolute Gasteiger partial charge is 0.476 e. The van der Waals surface area contributed by atoms with Crippen LogP contribution >= 0.6 is 0 Å². The minimum absolute atomic E-state index is 0.562. The van der Waals surface area contributed by atoms with Gasteiger partial charge >= 0.3 is 5.97 Å². The first-order valence-electron chi connectivity index (χ1n) is 3.16. The molecule has 0 aliphatic heterocycles. The van der Waals surface area contributed by atoms with Gasteiger partial charge in [0.15, 0.2) is 17.7 Å². The summed E-state index contributed by atoms with van der Waals surface area (Å²) >= 11 is 0. The molecule has 0 amide bonds. The Morgan fingerprint density at radius 1 is 1.58 bits per heavy atom. The number of aliphatic imine (C=N–C) groups is 1. The summed E-state index contributed by atoms with van der Waals surface area (Å²) in [5, 5.41) is 8.44. The molecule has 68 valence electrons. The second-order valence-electron chi connectivity index (χ2n) is 2.07. The van der Waals surface area contributed by atoms with Crippen molar-refractivity contribution in [3.8, 4) is 0 Å². The first-order valence-corrected chi connectivity index (χ1v) is 3.16. The number of ketones is 1. The predicted octanol–water partition coefficient (Wildman–Crippen LogP) is -0.663. The highest BCUT2D eigenvalue weighted by Crippen LogP contribution is 1.91. The van der Waals surface area contributed by atoms with E-state index in [4.69, 9.17) is 11.0 Å². The fourth-order valence-electron chi connectivity index (χ4n) is 0.509. The van der Waals surface area contributed by atoms with Gasteiger partial charge in [0.2, 0.25) is 0 Å². The average molecular weight is 174 g/mol. The van der Waals surface area contributed by atoms with E-state index in [-0.39, 0.29) is 0 Å². The molecule has 1 unspecified atom stereocenters. The summed E-state index contributed by atoms with van der Waals surface area (Å²) in [6, 6.07) is 0. The fourth-order valence-corrected chi connectivity index (χ4v) is 0.509. The van der Waals surface area contributed by atoms with Gasteiger partial charge in [0, 0.05) is 6.92 Å². The van der Waals surface area contributed by atoms with Crippen molar-refractivity contribution in [2.24, 2.45) is 10.9 Å². The van der Waals surface area contributed by atoms with Gasteiger partial charge in [-0.3, -0.25) is 9.63 Å². The molecule has 6 nitrogen and oxygen atoms in total. The van der Waals surface area contributed by atoms with E-state index in [0.29, 0.717) is 0 Å². The van der Waals surface area contributed by atoms with Crippen molar-refractivity contribution in [3.63, 3.8) is 0 Å². The Bertz CT molecular complexity index is 208. The standard InChI is InChI=1S/C6H10N2O4/c1-3(9)5(6(10)11)8-4(2)12-7/h4H,7H2,1-2H3,(H,10,11)/b8-5+. The number of carbonyl (C=O) groups is 2. The summed E-state index contributed by atoms with van der Waals surface area (Å²) in [7, 11) is 0. The van der Waals surface area contributed by atoms with Crippen molar-refractivity contribution in [1.82, 2.24) is 0 Å². The first kappa shape index (κ1) is 10.7. The molecule has 0 heterocycles. The van der Waals surface area contributed by atoms with Crippen LogP contribution < -0.4 is 5.90 Å². The van der Waals surface area contributed by atoms with Crippen LogP contribution in [0.1, 0.15) is 13.8 Å². The van der Waals surface area contributed by atoms with Crippen molar-refractivity contribution in [2.75, 3.05) is 0 Å². The maximum absolute atomic E-state index is 10.6. The highest BCUT2D eigenvalue weighted by molar-refractivity contribution is 6.63. The van der Waals surface area contributed by atoms with E-state index in [1.54, 1.807) is 0 Å². The van der Waals surface area contributed by atoms with E-state index in [0.717, 1.165) is 6.92 Å². The molecule has 0 bridgehead atoms. The van der Waals surface area contributed by atoms with E-state index < -0.39 is 23.7 Å². The molecule has 0 spiro atoms. The van der Waals surface area contributed by atoms with E-state index in [1.165, 1.54) is 6.92 Å². The Hall–Kier alpha value is -1.27. The second kappa shape index (κ2) is 4.58. The summed E-state index contributed by atoms with van der Waals surface area (Å²) in [4.78, 5) is 28.6. The maximum Gasteiger partial charge on any atom is 0.357 e.